The van der Waals surface area contributed by atoms with Crippen LogP contribution in [0.4, 0.5) is 0 Å². The number of nitrogens with one attached hydrogen (secondary N) is 1. The molecule has 0 spiro atoms. The zero-order chi connectivity index (χ0) is 13.8. The Hall–Kier alpha value is -0.890. The summed E-state index contributed by atoms with van der Waals surface area (Å²) in [5, 5.41) is 9.03. The zero-order valence-electron chi connectivity index (χ0n) is 10.9. The summed E-state index contributed by atoms with van der Waals surface area (Å²) >= 11 is 0. The van der Waals surface area contributed by atoms with Crippen LogP contribution in [-0.2, 0) is 28.4 Å². The van der Waals surface area contributed by atoms with E-state index >= 15 is 0 Å². The Morgan fingerprint density at radius 2 is 2.22 bits per heavy atom. The van der Waals surface area contributed by atoms with Crippen molar-refractivity contribution in [2.45, 2.75) is 31.5 Å². The first-order chi connectivity index (χ1) is 8.40. The molecule has 0 radical (unpaired) electrons. The van der Waals surface area contributed by atoms with Gasteiger partial charge in [0, 0.05) is 32.1 Å². The molecule has 0 aliphatic carbocycles. The number of hydrogen-bond acceptors (Lipinski definition) is 4. The van der Waals surface area contributed by atoms with Gasteiger partial charge in [0.15, 0.2) is 0 Å². The average Bonchev–Trinajstić information content (AvgIpc) is 2.69. The van der Waals surface area contributed by atoms with E-state index in [9.17, 15) is 8.42 Å². The lowest BCUT2D eigenvalue weighted by Crippen LogP contribution is -2.32. The molecule has 0 aliphatic rings. The van der Waals surface area contributed by atoms with Crippen molar-refractivity contribution in [3.63, 3.8) is 0 Å². The molecular formula is C11H20N2O4S. The molecule has 0 amide bonds. The third-order valence-electron chi connectivity index (χ3n) is 2.57. The van der Waals surface area contributed by atoms with Gasteiger partial charge >= 0.3 is 0 Å². The summed E-state index contributed by atoms with van der Waals surface area (Å²) in [4.78, 5) is 0.151. The molecule has 0 aromatic carbocycles. The Morgan fingerprint density at radius 1 is 1.56 bits per heavy atom. The first kappa shape index (κ1) is 15.2. The number of aliphatic hydroxyl groups excluding tert-OH is 1. The fourth-order valence-corrected chi connectivity index (χ4v) is 2.74. The van der Waals surface area contributed by atoms with Crippen LogP contribution in [0.2, 0.25) is 0 Å². The zero-order valence-corrected chi connectivity index (χ0v) is 11.7. The molecule has 0 aliphatic heterocycles. The predicted molar refractivity (Wildman–Crippen MR) is 67.6 cm³/mol. The van der Waals surface area contributed by atoms with Gasteiger partial charge in [-0.25, -0.2) is 13.1 Å². The largest absolute Gasteiger partial charge is 0.390 e. The van der Waals surface area contributed by atoms with Gasteiger partial charge < -0.3 is 14.4 Å². The summed E-state index contributed by atoms with van der Waals surface area (Å²) < 4.78 is 33.2. The van der Waals surface area contributed by atoms with Crippen LogP contribution in [0.1, 0.15) is 19.5 Å². The van der Waals surface area contributed by atoms with Crippen LogP contribution in [0, 0.1) is 0 Å². The number of aliphatic hydroxyl groups is 1. The molecule has 0 fully saturated rings. The van der Waals surface area contributed by atoms with Crippen molar-refractivity contribution in [2.75, 3.05) is 13.2 Å². The lowest BCUT2D eigenvalue weighted by atomic mass is 10.4. The minimum Gasteiger partial charge on any atom is -0.390 e. The highest BCUT2D eigenvalue weighted by Gasteiger charge is 2.18. The highest BCUT2D eigenvalue weighted by molar-refractivity contribution is 7.89. The molecule has 18 heavy (non-hydrogen) atoms. The molecule has 1 rings (SSSR count). The first-order valence-corrected chi connectivity index (χ1v) is 7.26. The van der Waals surface area contributed by atoms with Crippen molar-refractivity contribution in [1.29, 1.82) is 0 Å². The maximum Gasteiger partial charge on any atom is 0.242 e. The van der Waals surface area contributed by atoms with E-state index in [-0.39, 0.29) is 24.2 Å². The number of hydrogen-bond donors (Lipinski definition) is 2. The number of rotatable bonds is 7. The minimum atomic E-state index is -3.55. The summed E-state index contributed by atoms with van der Waals surface area (Å²) in [7, 11) is -1.86. The van der Waals surface area contributed by atoms with Crippen molar-refractivity contribution in [2.24, 2.45) is 7.05 Å². The van der Waals surface area contributed by atoms with E-state index in [1.165, 1.54) is 12.3 Å². The normalized spacial score (nSPS) is 13.8. The summed E-state index contributed by atoms with van der Waals surface area (Å²) in [6.45, 7) is 4.23. The van der Waals surface area contributed by atoms with Crippen LogP contribution in [0.15, 0.2) is 17.2 Å². The molecule has 1 aromatic rings. The highest BCUT2D eigenvalue weighted by Crippen LogP contribution is 2.13. The Kier molecular flexibility index (Phi) is 5.33. The van der Waals surface area contributed by atoms with Crippen LogP contribution in [0.25, 0.3) is 0 Å². The van der Waals surface area contributed by atoms with Crippen molar-refractivity contribution in [1.82, 2.24) is 9.29 Å². The summed E-state index contributed by atoms with van der Waals surface area (Å²) in [5.74, 6) is 0. The maximum absolute atomic E-state index is 12.0. The number of aryl methyl sites for hydroxylation is 1. The Morgan fingerprint density at radius 3 is 2.72 bits per heavy atom. The Labute approximate surface area is 108 Å². The van der Waals surface area contributed by atoms with Gasteiger partial charge in [0.1, 0.15) is 0 Å². The van der Waals surface area contributed by atoms with Crippen molar-refractivity contribution >= 4 is 10.0 Å². The van der Waals surface area contributed by atoms with E-state index in [0.717, 1.165) is 0 Å². The molecule has 1 atom stereocenters. The van der Waals surface area contributed by atoms with Crippen LogP contribution >= 0.6 is 0 Å². The minimum absolute atomic E-state index is 0.151. The molecular weight excluding hydrogens is 256 g/mol. The summed E-state index contributed by atoms with van der Waals surface area (Å²) in [6, 6.07) is 1.45. The van der Waals surface area contributed by atoms with Crippen molar-refractivity contribution < 1.29 is 18.3 Å². The van der Waals surface area contributed by atoms with Gasteiger partial charge in [-0.3, -0.25) is 0 Å². The third-order valence-corrected chi connectivity index (χ3v) is 3.96. The standard InChI is InChI=1S/C11H20N2O4S/c1-4-17-9(2)6-12-18(15,16)11-5-10(8-14)13(3)7-11/h5,7,9,12,14H,4,6,8H2,1-3H3. The second-order valence-corrected chi connectivity index (χ2v) is 5.82. The van der Waals surface area contributed by atoms with Gasteiger partial charge in [0.2, 0.25) is 10.0 Å². The van der Waals surface area contributed by atoms with E-state index in [1.54, 1.807) is 18.5 Å². The Bertz CT molecular complexity index is 481. The molecule has 7 heteroatoms. The number of ether oxygens (including phenoxy) is 1. The van der Waals surface area contributed by atoms with Gasteiger partial charge in [-0.15, -0.1) is 0 Å². The first-order valence-electron chi connectivity index (χ1n) is 5.78. The number of aromatic nitrogens is 1. The van der Waals surface area contributed by atoms with E-state index < -0.39 is 10.0 Å². The lowest BCUT2D eigenvalue weighted by Gasteiger charge is -2.12. The van der Waals surface area contributed by atoms with Gasteiger partial charge in [-0.1, -0.05) is 0 Å². The maximum atomic E-state index is 12.0. The molecule has 0 saturated carbocycles. The third kappa shape index (κ3) is 3.81. The van der Waals surface area contributed by atoms with E-state index in [0.29, 0.717) is 12.3 Å². The monoisotopic (exact) mass is 276 g/mol. The fourth-order valence-electron chi connectivity index (χ4n) is 1.54. The summed E-state index contributed by atoms with van der Waals surface area (Å²) in [5.41, 5.74) is 0.549. The van der Waals surface area contributed by atoms with E-state index in [2.05, 4.69) is 4.72 Å². The molecule has 6 nitrogen and oxygen atoms in total. The fraction of sp³-hybridized carbons (Fsp3) is 0.636. The summed E-state index contributed by atoms with van der Waals surface area (Å²) in [6.07, 6.45) is 1.30. The molecule has 0 bridgehead atoms. The van der Waals surface area contributed by atoms with Gasteiger partial charge in [-0.05, 0) is 19.9 Å². The second kappa shape index (κ2) is 6.33. The smallest absolute Gasteiger partial charge is 0.242 e. The topological polar surface area (TPSA) is 80.6 Å². The Balaban J connectivity index is 2.74. The number of sulfonamides is 1. The van der Waals surface area contributed by atoms with Crippen LogP contribution < -0.4 is 4.72 Å². The van der Waals surface area contributed by atoms with E-state index in [4.69, 9.17) is 9.84 Å². The second-order valence-electron chi connectivity index (χ2n) is 4.05. The van der Waals surface area contributed by atoms with Crippen molar-refractivity contribution in [3.8, 4) is 0 Å². The SMILES string of the molecule is CCOC(C)CNS(=O)(=O)c1cc(CO)n(C)c1. The highest BCUT2D eigenvalue weighted by atomic mass is 32.2. The molecule has 0 saturated heterocycles. The van der Waals surface area contributed by atoms with Gasteiger partial charge in [0.25, 0.3) is 0 Å². The van der Waals surface area contributed by atoms with Crippen molar-refractivity contribution in [3.05, 3.63) is 18.0 Å². The predicted octanol–water partition coefficient (Wildman–Crippen LogP) is 0.221. The van der Waals surface area contributed by atoms with E-state index in [1.807, 2.05) is 6.92 Å². The van der Waals surface area contributed by atoms with Crippen LogP contribution in [0.3, 0.4) is 0 Å². The van der Waals surface area contributed by atoms with Crippen LogP contribution in [-0.4, -0.2) is 37.3 Å². The molecule has 104 valence electrons. The molecule has 1 unspecified atom stereocenters. The lowest BCUT2D eigenvalue weighted by molar-refractivity contribution is 0.0799. The van der Waals surface area contributed by atoms with Gasteiger partial charge in [0.05, 0.1) is 17.6 Å². The quantitative estimate of drug-likeness (QED) is 0.746. The average molecular weight is 276 g/mol. The van der Waals surface area contributed by atoms with Crippen LogP contribution in [0.5, 0.6) is 0 Å². The molecule has 2 N–H and O–H groups in total. The molecule has 1 aromatic heterocycles. The number of nitrogens with zero attached hydrogens (tertiary/aromatic N) is 1. The molecule has 1 heterocycles. The van der Waals surface area contributed by atoms with Gasteiger partial charge in [-0.2, -0.15) is 0 Å².